The molecule has 1 amide bonds. The number of hydrogen-bond acceptors (Lipinski definition) is 3. The molecule has 0 spiro atoms. The van der Waals surface area contributed by atoms with Crippen LogP contribution in [0.25, 0.3) is 0 Å². The minimum Gasteiger partial charge on any atom is -0.370 e. The molecule has 132 valence electrons. The van der Waals surface area contributed by atoms with Gasteiger partial charge in [-0.15, -0.1) is 0 Å². The highest BCUT2D eigenvalue weighted by Crippen LogP contribution is 2.34. The molecule has 1 aliphatic heterocycles. The molecule has 1 aromatic carbocycles. The Morgan fingerprint density at radius 3 is 2.96 bits per heavy atom. The van der Waals surface area contributed by atoms with E-state index in [-0.39, 0.29) is 23.0 Å². The minimum atomic E-state index is -0.453. The molecule has 24 heavy (non-hydrogen) atoms. The topological polar surface area (TPSA) is 55.6 Å². The van der Waals surface area contributed by atoms with Crippen LogP contribution >= 0.6 is 11.6 Å². The number of benzene rings is 1. The SMILES string of the molecule is CC1(N)CCCCC1C(=O)N1CCOC(c2ccc(F)c(Cl)c2)C1. The normalized spacial score (nSPS) is 31.1. The van der Waals surface area contributed by atoms with Gasteiger partial charge in [-0.1, -0.05) is 30.5 Å². The summed E-state index contributed by atoms with van der Waals surface area (Å²) in [7, 11) is 0. The van der Waals surface area contributed by atoms with Crippen LogP contribution in [0.2, 0.25) is 5.02 Å². The van der Waals surface area contributed by atoms with Crippen molar-refractivity contribution >= 4 is 17.5 Å². The van der Waals surface area contributed by atoms with Crippen molar-refractivity contribution in [3.05, 3.63) is 34.6 Å². The predicted molar refractivity (Wildman–Crippen MR) is 91.2 cm³/mol. The smallest absolute Gasteiger partial charge is 0.227 e. The number of rotatable bonds is 2. The summed E-state index contributed by atoms with van der Waals surface area (Å²) < 4.78 is 19.1. The van der Waals surface area contributed by atoms with E-state index in [1.807, 2.05) is 11.8 Å². The van der Waals surface area contributed by atoms with Crippen LogP contribution in [0.5, 0.6) is 0 Å². The summed E-state index contributed by atoms with van der Waals surface area (Å²) in [6, 6.07) is 4.57. The summed E-state index contributed by atoms with van der Waals surface area (Å²) in [5.41, 5.74) is 6.72. The first-order valence-electron chi connectivity index (χ1n) is 8.53. The van der Waals surface area contributed by atoms with Gasteiger partial charge in [-0.2, -0.15) is 0 Å². The second kappa shape index (κ2) is 6.98. The van der Waals surface area contributed by atoms with Gasteiger partial charge in [0.05, 0.1) is 24.1 Å². The van der Waals surface area contributed by atoms with E-state index in [9.17, 15) is 9.18 Å². The van der Waals surface area contributed by atoms with Gasteiger partial charge in [0.1, 0.15) is 11.9 Å². The van der Waals surface area contributed by atoms with Gasteiger partial charge in [0.25, 0.3) is 0 Å². The molecule has 0 radical (unpaired) electrons. The summed E-state index contributed by atoms with van der Waals surface area (Å²) in [5.74, 6) is -0.478. The molecule has 1 aromatic rings. The molecule has 1 saturated carbocycles. The lowest BCUT2D eigenvalue weighted by atomic mass is 9.74. The van der Waals surface area contributed by atoms with E-state index in [1.54, 1.807) is 12.1 Å². The average Bonchev–Trinajstić information content (AvgIpc) is 2.56. The zero-order valence-electron chi connectivity index (χ0n) is 13.9. The monoisotopic (exact) mass is 354 g/mol. The van der Waals surface area contributed by atoms with Crippen molar-refractivity contribution < 1.29 is 13.9 Å². The highest BCUT2D eigenvalue weighted by atomic mass is 35.5. The van der Waals surface area contributed by atoms with Crippen molar-refractivity contribution in [2.45, 2.75) is 44.2 Å². The molecular weight excluding hydrogens is 331 g/mol. The third-order valence-electron chi connectivity index (χ3n) is 5.25. The number of morpholine rings is 1. The van der Waals surface area contributed by atoms with Gasteiger partial charge in [-0.05, 0) is 37.5 Å². The Balaban J connectivity index is 1.73. The van der Waals surface area contributed by atoms with Crippen LogP contribution < -0.4 is 5.73 Å². The Bertz CT molecular complexity index is 623. The summed E-state index contributed by atoms with van der Waals surface area (Å²) >= 11 is 5.86. The molecule has 0 bridgehead atoms. The maximum atomic E-state index is 13.3. The zero-order chi connectivity index (χ0) is 17.3. The first-order valence-corrected chi connectivity index (χ1v) is 8.90. The maximum absolute atomic E-state index is 13.3. The highest BCUT2D eigenvalue weighted by Gasteiger charge is 2.41. The van der Waals surface area contributed by atoms with Gasteiger partial charge >= 0.3 is 0 Å². The Kier molecular flexibility index (Phi) is 5.13. The van der Waals surface area contributed by atoms with Crippen LogP contribution in [-0.4, -0.2) is 36.0 Å². The molecule has 1 aliphatic carbocycles. The van der Waals surface area contributed by atoms with Crippen LogP contribution in [-0.2, 0) is 9.53 Å². The lowest BCUT2D eigenvalue weighted by molar-refractivity contribution is -0.146. The van der Waals surface area contributed by atoms with E-state index in [0.29, 0.717) is 19.7 Å². The maximum Gasteiger partial charge on any atom is 0.227 e. The third kappa shape index (κ3) is 3.58. The van der Waals surface area contributed by atoms with Crippen molar-refractivity contribution in [1.29, 1.82) is 0 Å². The molecule has 3 rings (SSSR count). The Morgan fingerprint density at radius 2 is 2.25 bits per heavy atom. The quantitative estimate of drug-likeness (QED) is 0.886. The number of amides is 1. The average molecular weight is 355 g/mol. The standard InChI is InChI=1S/C18H24ClFN2O2/c1-18(21)7-3-2-4-13(18)17(23)22-8-9-24-16(11-22)12-5-6-15(20)14(19)10-12/h5-6,10,13,16H,2-4,7-9,11,21H2,1H3. The van der Waals surface area contributed by atoms with Gasteiger partial charge in [-0.3, -0.25) is 4.79 Å². The zero-order valence-corrected chi connectivity index (χ0v) is 14.7. The number of carbonyl (C=O) groups is 1. The number of ether oxygens (including phenoxy) is 1. The third-order valence-corrected chi connectivity index (χ3v) is 5.54. The minimum absolute atomic E-state index is 0.0707. The van der Waals surface area contributed by atoms with Gasteiger partial charge in [0.2, 0.25) is 5.91 Å². The highest BCUT2D eigenvalue weighted by molar-refractivity contribution is 6.30. The molecule has 3 atom stereocenters. The predicted octanol–water partition coefficient (Wildman–Crippen LogP) is 3.29. The number of halogens is 2. The van der Waals surface area contributed by atoms with Crippen molar-refractivity contribution in [3.63, 3.8) is 0 Å². The van der Waals surface area contributed by atoms with Crippen molar-refractivity contribution in [2.75, 3.05) is 19.7 Å². The number of carbonyl (C=O) groups excluding carboxylic acids is 1. The molecule has 0 aromatic heterocycles. The van der Waals surface area contributed by atoms with Gasteiger partial charge in [0.15, 0.2) is 0 Å². The van der Waals surface area contributed by atoms with Crippen LogP contribution in [0.4, 0.5) is 4.39 Å². The molecule has 6 heteroatoms. The molecule has 1 heterocycles. The van der Waals surface area contributed by atoms with E-state index in [2.05, 4.69) is 0 Å². The second-order valence-electron chi connectivity index (χ2n) is 7.12. The Morgan fingerprint density at radius 1 is 1.46 bits per heavy atom. The van der Waals surface area contributed by atoms with E-state index in [1.165, 1.54) is 6.07 Å². The summed E-state index contributed by atoms with van der Waals surface area (Å²) in [6.07, 6.45) is 3.57. The molecule has 2 N–H and O–H groups in total. The number of hydrogen-bond donors (Lipinski definition) is 1. The summed E-state index contributed by atoms with van der Waals surface area (Å²) in [5, 5.41) is 0.0707. The van der Waals surface area contributed by atoms with Gasteiger partial charge < -0.3 is 15.4 Å². The van der Waals surface area contributed by atoms with Crippen LogP contribution in [0.1, 0.15) is 44.3 Å². The van der Waals surface area contributed by atoms with Crippen LogP contribution in [0.15, 0.2) is 18.2 Å². The number of nitrogens with zero attached hydrogens (tertiary/aromatic N) is 1. The molecule has 4 nitrogen and oxygen atoms in total. The molecule has 2 aliphatic rings. The lowest BCUT2D eigenvalue weighted by Crippen LogP contribution is -2.55. The lowest BCUT2D eigenvalue weighted by Gasteiger charge is -2.42. The first kappa shape index (κ1) is 17.6. The van der Waals surface area contributed by atoms with E-state index >= 15 is 0 Å². The Labute approximate surface area is 147 Å². The second-order valence-corrected chi connectivity index (χ2v) is 7.53. The van der Waals surface area contributed by atoms with Crippen molar-refractivity contribution in [2.24, 2.45) is 11.7 Å². The fourth-order valence-electron chi connectivity index (χ4n) is 3.75. The summed E-state index contributed by atoms with van der Waals surface area (Å²) in [4.78, 5) is 14.8. The van der Waals surface area contributed by atoms with Gasteiger partial charge in [-0.25, -0.2) is 4.39 Å². The van der Waals surface area contributed by atoms with Crippen molar-refractivity contribution in [3.8, 4) is 0 Å². The molecule has 3 unspecified atom stereocenters. The van der Waals surface area contributed by atoms with E-state index in [0.717, 1.165) is 31.2 Å². The summed E-state index contributed by atoms with van der Waals surface area (Å²) in [6.45, 7) is 3.45. The molecule has 2 fully saturated rings. The number of nitrogens with two attached hydrogens (primary N) is 1. The van der Waals surface area contributed by atoms with E-state index < -0.39 is 11.4 Å². The van der Waals surface area contributed by atoms with Crippen molar-refractivity contribution in [1.82, 2.24) is 4.90 Å². The Hall–Kier alpha value is -1.17. The first-order chi connectivity index (χ1) is 11.4. The van der Waals surface area contributed by atoms with E-state index in [4.69, 9.17) is 22.1 Å². The van der Waals surface area contributed by atoms with Gasteiger partial charge in [0, 0.05) is 12.1 Å². The van der Waals surface area contributed by atoms with Crippen LogP contribution in [0, 0.1) is 11.7 Å². The van der Waals surface area contributed by atoms with Crippen LogP contribution in [0.3, 0.4) is 0 Å². The fourth-order valence-corrected chi connectivity index (χ4v) is 3.94. The largest absolute Gasteiger partial charge is 0.370 e. The molecular formula is C18H24ClFN2O2. The molecule has 1 saturated heterocycles. The fraction of sp³-hybridized carbons (Fsp3) is 0.611.